The van der Waals surface area contributed by atoms with Gasteiger partial charge in [-0.25, -0.2) is 15.0 Å². The van der Waals surface area contributed by atoms with Crippen molar-refractivity contribution in [2.45, 2.75) is 6.17 Å². The summed E-state index contributed by atoms with van der Waals surface area (Å²) < 4.78 is 4.78. The fourth-order valence-electron chi connectivity index (χ4n) is 9.82. The number of hydrogen-bond acceptors (Lipinski definition) is 5. The highest BCUT2D eigenvalue weighted by molar-refractivity contribution is 6.29. The van der Waals surface area contributed by atoms with Gasteiger partial charge in [-0.15, -0.1) is 0 Å². The fraction of sp³-hybridized carbons (Fsp3) is 0.0164. The molecule has 12 aromatic rings. The average molecular weight is 872 g/mol. The van der Waals surface area contributed by atoms with Crippen molar-refractivity contribution in [2.75, 3.05) is 0 Å². The number of nitrogens with zero attached hydrogens (tertiary/aromatic N) is 6. The summed E-state index contributed by atoms with van der Waals surface area (Å²) in [6.45, 7) is 0. The van der Waals surface area contributed by atoms with Crippen LogP contribution < -0.4 is 5.32 Å². The number of rotatable bonds is 8. The number of allylic oxidation sites excluding steroid dienone is 1. The molecule has 4 heterocycles. The Labute approximate surface area is 392 Å². The molecule has 0 amide bonds. The zero-order chi connectivity index (χ0) is 45.0. The summed E-state index contributed by atoms with van der Waals surface area (Å²) in [6, 6.07) is 80.7. The molecule has 0 saturated heterocycles. The molecule has 9 aromatic carbocycles. The maximum absolute atomic E-state index is 5.24. The van der Waals surface area contributed by atoms with Crippen LogP contribution in [-0.2, 0) is 0 Å². The maximum Gasteiger partial charge on any atom is 0.164 e. The van der Waals surface area contributed by atoms with E-state index in [4.69, 9.17) is 19.9 Å². The molecule has 1 unspecified atom stereocenters. The molecule has 0 bridgehead atoms. The molecule has 68 heavy (non-hydrogen) atoms. The van der Waals surface area contributed by atoms with E-state index in [-0.39, 0.29) is 6.17 Å². The third kappa shape index (κ3) is 6.76. The Hall–Kier alpha value is -9.20. The molecule has 1 aliphatic rings. The molecule has 320 valence electrons. The van der Waals surface area contributed by atoms with Gasteiger partial charge < -0.3 is 14.5 Å². The van der Waals surface area contributed by atoms with E-state index in [1.165, 1.54) is 21.5 Å². The van der Waals surface area contributed by atoms with E-state index in [2.05, 4.69) is 184 Å². The number of nitrogens with one attached hydrogen (secondary N) is 1. The van der Waals surface area contributed by atoms with Gasteiger partial charge in [0.15, 0.2) is 17.5 Å². The van der Waals surface area contributed by atoms with Crippen molar-refractivity contribution in [3.05, 3.63) is 253 Å². The van der Waals surface area contributed by atoms with Gasteiger partial charge in [0.05, 0.1) is 27.8 Å². The van der Waals surface area contributed by atoms with Gasteiger partial charge in [-0.3, -0.25) is 4.99 Å². The number of para-hydroxylation sites is 2. The van der Waals surface area contributed by atoms with E-state index < -0.39 is 0 Å². The van der Waals surface area contributed by atoms with Crippen molar-refractivity contribution < 1.29 is 0 Å². The summed E-state index contributed by atoms with van der Waals surface area (Å²) in [5.74, 6) is 1.91. The predicted octanol–water partition coefficient (Wildman–Crippen LogP) is 14.2. The second-order valence-corrected chi connectivity index (χ2v) is 17.1. The van der Waals surface area contributed by atoms with Gasteiger partial charge >= 0.3 is 0 Å². The standard InChI is InChI=1S/C61H41N7/c1-5-17-40(18-6-1)50-39-51(41-19-7-2-8-20-41)63-58(62-50)44-29-33-46(34-30-44)67-52-27-15-13-25-48(52)56-54(67)37-38-55-57(56)49-26-14-16-28-53(49)68(55)47-35-31-45(32-36-47)61-65-59(42-21-9-3-10-22-42)64-60(66-61)43-23-11-4-12-24-43/h1-39,58,62H. The molecule has 0 radical (unpaired) electrons. The lowest BCUT2D eigenvalue weighted by atomic mass is 10.0. The zero-order valence-electron chi connectivity index (χ0n) is 36.8. The van der Waals surface area contributed by atoms with Crippen LogP contribution in [0, 0.1) is 0 Å². The van der Waals surface area contributed by atoms with Crippen LogP contribution in [0.4, 0.5) is 0 Å². The lowest BCUT2D eigenvalue weighted by Crippen LogP contribution is -2.24. The summed E-state index contributed by atoms with van der Waals surface area (Å²) >= 11 is 0. The van der Waals surface area contributed by atoms with E-state index >= 15 is 0 Å². The summed E-state index contributed by atoms with van der Waals surface area (Å²) in [5.41, 5.74) is 14.8. The van der Waals surface area contributed by atoms with Gasteiger partial charge in [-0.2, -0.15) is 0 Å². The largest absolute Gasteiger partial charge is 0.360 e. The van der Waals surface area contributed by atoms with E-state index in [1.54, 1.807) is 0 Å². The van der Waals surface area contributed by atoms with Crippen LogP contribution in [-0.4, -0.2) is 29.8 Å². The van der Waals surface area contributed by atoms with Gasteiger partial charge in [0, 0.05) is 55.3 Å². The zero-order valence-corrected chi connectivity index (χ0v) is 36.8. The highest BCUT2D eigenvalue weighted by Gasteiger charge is 2.23. The Morgan fingerprint density at radius 1 is 0.338 bits per heavy atom. The minimum Gasteiger partial charge on any atom is -0.360 e. The third-order valence-electron chi connectivity index (χ3n) is 13.0. The van der Waals surface area contributed by atoms with E-state index in [1.807, 2.05) is 66.7 Å². The molecule has 1 aliphatic heterocycles. The fourth-order valence-corrected chi connectivity index (χ4v) is 9.82. The molecule has 0 aliphatic carbocycles. The van der Waals surface area contributed by atoms with Crippen LogP contribution in [0.1, 0.15) is 22.9 Å². The van der Waals surface area contributed by atoms with Crippen molar-refractivity contribution in [3.63, 3.8) is 0 Å². The average Bonchev–Trinajstić information content (AvgIpc) is 3.94. The smallest absolute Gasteiger partial charge is 0.164 e. The highest BCUT2D eigenvalue weighted by Crippen LogP contribution is 2.43. The topological polar surface area (TPSA) is 72.9 Å². The first-order valence-electron chi connectivity index (χ1n) is 22.9. The second-order valence-electron chi connectivity index (χ2n) is 17.1. The van der Waals surface area contributed by atoms with Crippen molar-refractivity contribution in [1.29, 1.82) is 0 Å². The molecule has 3 aromatic heterocycles. The molecule has 7 nitrogen and oxygen atoms in total. The number of fused-ring (bicyclic) bond motifs is 7. The minimum atomic E-state index is -0.256. The molecule has 1 N–H and O–H groups in total. The quantitative estimate of drug-likeness (QED) is 0.165. The summed E-state index contributed by atoms with van der Waals surface area (Å²) in [7, 11) is 0. The van der Waals surface area contributed by atoms with Gasteiger partial charge in [0.1, 0.15) is 6.17 Å². The first kappa shape index (κ1) is 39.2. The van der Waals surface area contributed by atoms with Crippen molar-refractivity contribution in [3.8, 4) is 45.5 Å². The van der Waals surface area contributed by atoms with Gasteiger partial charge in [-0.1, -0.05) is 170 Å². The Balaban J connectivity index is 0.906. The molecule has 0 fully saturated rings. The molecule has 7 heteroatoms. The second kappa shape index (κ2) is 16.3. The van der Waals surface area contributed by atoms with Crippen molar-refractivity contribution in [2.24, 2.45) is 4.99 Å². The minimum absolute atomic E-state index is 0.256. The highest BCUT2D eigenvalue weighted by atomic mass is 15.1. The monoisotopic (exact) mass is 871 g/mol. The first-order chi connectivity index (χ1) is 33.7. The lowest BCUT2D eigenvalue weighted by Gasteiger charge is -2.25. The Kier molecular flexibility index (Phi) is 9.42. The molecular formula is C61H41N7. The van der Waals surface area contributed by atoms with Crippen LogP contribution in [0.3, 0.4) is 0 Å². The number of aromatic nitrogens is 5. The van der Waals surface area contributed by atoms with E-state index in [0.717, 1.165) is 78.2 Å². The number of hydrogen-bond donors (Lipinski definition) is 1. The summed E-state index contributed by atoms with van der Waals surface area (Å²) in [4.78, 5) is 20.1. The number of aliphatic imine (C=N–C) groups is 1. The Morgan fingerprint density at radius 2 is 0.735 bits per heavy atom. The van der Waals surface area contributed by atoms with Crippen molar-refractivity contribution in [1.82, 2.24) is 29.4 Å². The van der Waals surface area contributed by atoms with E-state index in [0.29, 0.717) is 17.5 Å². The van der Waals surface area contributed by atoms with Crippen LogP contribution in [0.25, 0.3) is 94.8 Å². The van der Waals surface area contributed by atoms with Gasteiger partial charge in [-0.05, 0) is 83.4 Å². The van der Waals surface area contributed by atoms with Crippen LogP contribution >= 0.6 is 0 Å². The van der Waals surface area contributed by atoms with Gasteiger partial charge in [0.2, 0.25) is 0 Å². The number of benzene rings is 9. The normalized spacial score (nSPS) is 13.7. The van der Waals surface area contributed by atoms with Crippen molar-refractivity contribution >= 4 is 55.0 Å². The van der Waals surface area contributed by atoms with E-state index in [9.17, 15) is 0 Å². The lowest BCUT2D eigenvalue weighted by molar-refractivity contribution is 0.664. The van der Waals surface area contributed by atoms with Crippen LogP contribution in [0.15, 0.2) is 242 Å². The first-order valence-corrected chi connectivity index (χ1v) is 22.9. The molecule has 0 saturated carbocycles. The summed E-state index contributed by atoms with van der Waals surface area (Å²) in [6.07, 6.45) is 1.90. The SMILES string of the molecule is C1=C(c2ccccc2)NC(c2ccc(-n3c4ccccc4c4c5c6ccccc6n(-c6ccc(-c7nc(-c8ccccc8)nc(-c8ccccc8)n7)cc6)c5ccc43)cc2)N=C1c1ccccc1. The third-order valence-corrected chi connectivity index (χ3v) is 13.0. The molecule has 1 atom stereocenters. The van der Waals surface area contributed by atoms with Crippen LogP contribution in [0.5, 0.6) is 0 Å². The molecule has 0 spiro atoms. The Morgan fingerprint density at radius 3 is 1.22 bits per heavy atom. The predicted molar refractivity (Wildman–Crippen MR) is 278 cm³/mol. The Bertz CT molecular complexity index is 3840. The molecular weight excluding hydrogens is 831 g/mol. The molecule has 13 rings (SSSR count). The maximum atomic E-state index is 5.24. The summed E-state index contributed by atoms with van der Waals surface area (Å²) in [5, 5.41) is 8.59. The van der Waals surface area contributed by atoms with Crippen LogP contribution in [0.2, 0.25) is 0 Å². The van der Waals surface area contributed by atoms with Gasteiger partial charge in [0.25, 0.3) is 0 Å².